The van der Waals surface area contributed by atoms with Crippen molar-refractivity contribution >= 4 is 29.4 Å². The largest absolute Gasteiger partial charge is 0.365 e. The normalized spacial score (nSPS) is 17.4. The van der Waals surface area contributed by atoms with Crippen molar-refractivity contribution in [1.82, 2.24) is 15.1 Å². The number of urea groups is 1. The molecular weight excluding hydrogens is 374 g/mol. The Morgan fingerprint density at radius 1 is 1.29 bits per heavy atom. The lowest BCUT2D eigenvalue weighted by Gasteiger charge is -2.32. The quantitative estimate of drug-likeness (QED) is 0.678. The number of primary amides is 1. The average Bonchev–Trinajstić information content (AvgIpc) is 3.12. The highest BCUT2D eigenvalue weighted by molar-refractivity contribution is 8.00. The zero-order valence-corrected chi connectivity index (χ0v) is 17.3. The lowest BCUT2D eigenvalue weighted by Crippen LogP contribution is -2.42. The van der Waals surface area contributed by atoms with E-state index in [1.807, 2.05) is 24.3 Å². The van der Waals surface area contributed by atoms with Crippen molar-refractivity contribution in [3.8, 4) is 0 Å². The van der Waals surface area contributed by atoms with Crippen molar-refractivity contribution in [3.05, 3.63) is 41.7 Å². The number of aromatic amines is 1. The lowest BCUT2D eigenvalue weighted by atomic mass is 9.92. The Balaban J connectivity index is 1.63. The van der Waals surface area contributed by atoms with Gasteiger partial charge in [0.1, 0.15) is 0 Å². The fourth-order valence-electron chi connectivity index (χ4n) is 3.36. The van der Waals surface area contributed by atoms with Gasteiger partial charge >= 0.3 is 6.03 Å². The van der Waals surface area contributed by atoms with Gasteiger partial charge in [-0.25, -0.2) is 4.79 Å². The molecule has 0 saturated carbocycles. The molecule has 1 unspecified atom stereocenters. The summed E-state index contributed by atoms with van der Waals surface area (Å²) in [4.78, 5) is 27.2. The fraction of sp³-hybridized carbons (Fsp3) is 0.450. The molecule has 1 aromatic heterocycles. The van der Waals surface area contributed by atoms with Crippen LogP contribution < -0.4 is 11.1 Å². The van der Waals surface area contributed by atoms with Crippen molar-refractivity contribution in [2.45, 2.75) is 49.2 Å². The minimum Gasteiger partial charge on any atom is -0.365 e. The molecule has 1 saturated heterocycles. The van der Waals surface area contributed by atoms with Crippen LogP contribution in [0.15, 0.2) is 35.4 Å². The summed E-state index contributed by atoms with van der Waals surface area (Å²) in [6.45, 7) is 7.71. The van der Waals surface area contributed by atoms with E-state index in [-0.39, 0.29) is 16.7 Å². The second kappa shape index (κ2) is 8.26. The highest BCUT2D eigenvalue weighted by Gasteiger charge is 2.28. The first-order valence-corrected chi connectivity index (χ1v) is 10.2. The molecule has 1 fully saturated rings. The van der Waals surface area contributed by atoms with Gasteiger partial charge in [-0.2, -0.15) is 5.10 Å². The molecule has 7 nitrogen and oxygen atoms in total. The van der Waals surface area contributed by atoms with Crippen LogP contribution in [-0.4, -0.2) is 44.9 Å². The van der Waals surface area contributed by atoms with Crippen molar-refractivity contribution in [1.29, 1.82) is 0 Å². The maximum absolute atomic E-state index is 12.7. The molecule has 1 aliphatic heterocycles. The van der Waals surface area contributed by atoms with Crippen molar-refractivity contribution < 1.29 is 9.59 Å². The number of carbonyl (C=O) groups is 2. The van der Waals surface area contributed by atoms with Crippen LogP contribution in [0, 0.1) is 0 Å². The van der Waals surface area contributed by atoms with E-state index >= 15 is 0 Å². The number of nitrogens with zero attached hydrogens (tertiary/aromatic N) is 2. The van der Waals surface area contributed by atoms with E-state index in [0.29, 0.717) is 24.3 Å². The van der Waals surface area contributed by atoms with Crippen molar-refractivity contribution in [2.75, 3.05) is 18.4 Å². The summed E-state index contributed by atoms with van der Waals surface area (Å²) in [5.41, 5.74) is 7.31. The van der Waals surface area contributed by atoms with Crippen LogP contribution in [0.25, 0.3) is 0 Å². The first kappa shape index (κ1) is 20.3. The Bertz CT molecular complexity index is 841. The number of nitrogens with one attached hydrogen (secondary N) is 2. The van der Waals surface area contributed by atoms with E-state index in [9.17, 15) is 9.59 Å². The van der Waals surface area contributed by atoms with Gasteiger partial charge in [0, 0.05) is 34.3 Å². The Morgan fingerprint density at radius 3 is 2.64 bits per heavy atom. The number of rotatable bonds is 4. The number of nitrogens with two attached hydrogens (primary N) is 1. The summed E-state index contributed by atoms with van der Waals surface area (Å²) in [5, 5.41) is 9.79. The summed E-state index contributed by atoms with van der Waals surface area (Å²) in [5.74, 6) is -0.478. The summed E-state index contributed by atoms with van der Waals surface area (Å²) in [6, 6.07) is 7.75. The Labute approximate surface area is 169 Å². The molecule has 3 amide bonds. The number of H-pyrrole nitrogens is 1. The maximum Gasteiger partial charge on any atom is 0.321 e. The zero-order valence-electron chi connectivity index (χ0n) is 16.5. The molecule has 8 heteroatoms. The molecule has 1 aromatic carbocycles. The number of piperidine rings is 1. The summed E-state index contributed by atoms with van der Waals surface area (Å²) in [6.07, 6.45) is 3.19. The molecule has 150 valence electrons. The second-order valence-corrected chi connectivity index (χ2v) is 9.92. The van der Waals surface area contributed by atoms with E-state index in [0.717, 1.165) is 18.5 Å². The molecular formula is C20H27N5O2S. The van der Waals surface area contributed by atoms with Gasteiger partial charge in [-0.1, -0.05) is 20.8 Å². The van der Waals surface area contributed by atoms with E-state index < -0.39 is 5.91 Å². The van der Waals surface area contributed by atoms with E-state index in [1.165, 1.54) is 11.1 Å². The monoisotopic (exact) mass is 401 g/mol. The summed E-state index contributed by atoms with van der Waals surface area (Å²) >= 11 is 1.79. The van der Waals surface area contributed by atoms with Crippen LogP contribution in [0.2, 0.25) is 0 Å². The van der Waals surface area contributed by atoms with Gasteiger partial charge < -0.3 is 16.0 Å². The number of anilines is 1. The third kappa shape index (κ3) is 5.07. The van der Waals surface area contributed by atoms with Gasteiger partial charge in [0.15, 0.2) is 0 Å². The smallest absolute Gasteiger partial charge is 0.321 e. The number of thioether (sulfide) groups is 1. The molecule has 2 aromatic rings. The number of carbonyl (C=O) groups excluding carboxylic acids is 2. The Kier molecular flexibility index (Phi) is 5.98. The highest BCUT2D eigenvalue weighted by atomic mass is 32.2. The third-order valence-corrected chi connectivity index (χ3v) is 5.70. The minimum atomic E-state index is -0.501. The predicted octanol–water partition coefficient (Wildman–Crippen LogP) is 3.81. The van der Waals surface area contributed by atoms with Crippen molar-refractivity contribution in [3.63, 3.8) is 0 Å². The topological polar surface area (TPSA) is 104 Å². The van der Waals surface area contributed by atoms with Gasteiger partial charge in [0.05, 0.1) is 17.5 Å². The van der Waals surface area contributed by atoms with Crippen LogP contribution in [-0.2, 0) is 0 Å². The molecule has 0 radical (unpaired) electrons. The minimum absolute atomic E-state index is 0.0232. The maximum atomic E-state index is 12.7. The number of amides is 3. The number of hydrogen-bond acceptors (Lipinski definition) is 4. The van der Waals surface area contributed by atoms with Crippen LogP contribution in [0.1, 0.15) is 55.6 Å². The van der Waals surface area contributed by atoms with Gasteiger partial charge in [0.25, 0.3) is 5.91 Å². The fourth-order valence-corrected chi connectivity index (χ4v) is 4.34. The summed E-state index contributed by atoms with van der Waals surface area (Å²) < 4.78 is 0.143. The lowest BCUT2D eigenvalue weighted by molar-refractivity contribution is 0.0998. The van der Waals surface area contributed by atoms with Crippen LogP contribution in [0.5, 0.6) is 0 Å². The van der Waals surface area contributed by atoms with Gasteiger partial charge in [-0.3, -0.25) is 9.89 Å². The molecule has 0 bridgehead atoms. The van der Waals surface area contributed by atoms with Gasteiger partial charge in [-0.05, 0) is 37.1 Å². The first-order chi connectivity index (χ1) is 13.2. The SMILES string of the molecule is CC(C)(C)Sc1ccc(NC(=O)N2CCCC(c3[nH]ncc3C(N)=O)C2)cc1. The molecule has 0 aliphatic carbocycles. The van der Waals surface area contributed by atoms with Crippen LogP contribution >= 0.6 is 11.8 Å². The molecule has 4 N–H and O–H groups in total. The second-order valence-electron chi connectivity index (χ2n) is 8.02. The highest BCUT2D eigenvalue weighted by Crippen LogP contribution is 2.32. The number of aromatic nitrogens is 2. The standard InChI is InChI=1S/C20H27N5O2S/c1-20(2,3)28-15-8-6-14(7-9-15)23-19(27)25-10-4-5-13(12-25)17-16(18(21)26)11-22-24-17/h6-9,11,13H,4-5,10,12H2,1-3H3,(H2,21,26)(H,22,24)(H,23,27). The van der Waals surface area contributed by atoms with E-state index in [1.54, 1.807) is 16.7 Å². The molecule has 3 rings (SSSR count). The Morgan fingerprint density at radius 2 is 2.00 bits per heavy atom. The van der Waals surface area contributed by atoms with E-state index in [2.05, 4.69) is 36.3 Å². The molecule has 2 heterocycles. The molecule has 1 atom stereocenters. The Hall–Kier alpha value is -2.48. The van der Waals surface area contributed by atoms with E-state index in [4.69, 9.17) is 5.73 Å². The van der Waals surface area contributed by atoms with Crippen molar-refractivity contribution in [2.24, 2.45) is 5.73 Å². The van der Waals surface area contributed by atoms with Gasteiger partial charge in [-0.15, -0.1) is 11.8 Å². The zero-order chi connectivity index (χ0) is 20.3. The number of benzene rings is 1. The van der Waals surface area contributed by atoms with Crippen LogP contribution in [0.4, 0.5) is 10.5 Å². The molecule has 1 aliphatic rings. The third-order valence-electron chi connectivity index (χ3n) is 4.58. The van der Waals surface area contributed by atoms with Crippen LogP contribution in [0.3, 0.4) is 0 Å². The average molecular weight is 402 g/mol. The number of likely N-dealkylation sites (tertiary alicyclic amines) is 1. The molecule has 0 spiro atoms. The summed E-state index contributed by atoms with van der Waals surface area (Å²) in [7, 11) is 0. The predicted molar refractivity (Wildman–Crippen MR) is 112 cm³/mol. The molecule has 28 heavy (non-hydrogen) atoms. The van der Waals surface area contributed by atoms with Gasteiger partial charge in [0.2, 0.25) is 0 Å². The first-order valence-electron chi connectivity index (χ1n) is 9.41. The number of hydrogen-bond donors (Lipinski definition) is 3.